The van der Waals surface area contributed by atoms with Crippen molar-refractivity contribution in [3.8, 4) is 11.5 Å². The Balaban J connectivity index is 2.06. The molecule has 3 atom stereocenters. The van der Waals surface area contributed by atoms with Crippen LogP contribution in [0.15, 0.2) is 41.5 Å². The van der Waals surface area contributed by atoms with Gasteiger partial charge in [-0.3, -0.25) is 9.59 Å². The molecule has 5 nitrogen and oxygen atoms in total. The molecule has 0 aromatic heterocycles. The first-order chi connectivity index (χ1) is 14.1. The fourth-order valence-electron chi connectivity index (χ4n) is 3.87. The topological polar surface area (TPSA) is 72.8 Å². The molecule has 30 heavy (non-hydrogen) atoms. The van der Waals surface area contributed by atoms with Crippen molar-refractivity contribution in [2.75, 3.05) is 7.11 Å². The molecule has 164 valence electrons. The minimum absolute atomic E-state index is 0.115. The number of carbonyl (C=O) groups excluding carboxylic acids is 2. The Labute approximate surface area is 179 Å². The Hall–Kier alpha value is -2.56. The number of cyclic esters (lactones) is 1. The molecule has 1 aliphatic heterocycles. The van der Waals surface area contributed by atoms with Crippen LogP contribution in [0, 0.1) is 11.8 Å². The van der Waals surface area contributed by atoms with E-state index in [0.29, 0.717) is 12.2 Å². The van der Waals surface area contributed by atoms with Crippen LogP contribution in [0.25, 0.3) is 0 Å². The van der Waals surface area contributed by atoms with Gasteiger partial charge in [0.25, 0.3) is 0 Å². The molecule has 1 aromatic rings. The maximum absolute atomic E-state index is 13.0. The number of Topliss-reactive ketones (excluding diaryl/α,β-unsaturated/α-hetero) is 1. The molecule has 0 saturated carbocycles. The number of phenols is 1. The number of ether oxygens (including phenoxy) is 2. The highest BCUT2D eigenvalue weighted by Gasteiger charge is 2.53. The maximum atomic E-state index is 13.0. The third-order valence-corrected chi connectivity index (χ3v) is 6.03. The molecule has 5 heteroatoms. The molecule has 2 rings (SSSR count). The van der Waals surface area contributed by atoms with Gasteiger partial charge in [-0.15, -0.1) is 0 Å². The van der Waals surface area contributed by atoms with Crippen LogP contribution in [0.5, 0.6) is 11.5 Å². The number of carbonyl (C=O) groups is 2. The second kappa shape index (κ2) is 9.96. The molecule has 1 heterocycles. The number of methoxy groups -OCH3 is 1. The quantitative estimate of drug-likeness (QED) is 0.246. The van der Waals surface area contributed by atoms with Gasteiger partial charge in [-0.2, -0.15) is 0 Å². The van der Waals surface area contributed by atoms with Crippen molar-refractivity contribution in [3.05, 3.63) is 47.1 Å². The third-order valence-electron chi connectivity index (χ3n) is 6.03. The minimum atomic E-state index is -0.919. The van der Waals surface area contributed by atoms with Gasteiger partial charge in [0.1, 0.15) is 23.0 Å². The van der Waals surface area contributed by atoms with Crippen molar-refractivity contribution in [2.45, 2.75) is 65.9 Å². The maximum Gasteiger partial charge on any atom is 0.317 e. The van der Waals surface area contributed by atoms with Gasteiger partial charge in [-0.1, -0.05) is 30.2 Å². The highest BCUT2D eigenvalue weighted by molar-refractivity contribution is 6.11. The molecule has 0 aliphatic carbocycles. The molecule has 1 saturated heterocycles. The number of hydrogen-bond acceptors (Lipinski definition) is 5. The van der Waals surface area contributed by atoms with E-state index >= 15 is 0 Å². The fourth-order valence-corrected chi connectivity index (χ4v) is 3.87. The molecule has 0 amide bonds. The Kier molecular flexibility index (Phi) is 7.88. The minimum Gasteiger partial charge on any atom is -0.507 e. The Bertz CT molecular complexity index is 847. The van der Waals surface area contributed by atoms with E-state index in [9.17, 15) is 14.7 Å². The number of esters is 1. The van der Waals surface area contributed by atoms with Crippen LogP contribution in [0.1, 0.15) is 70.7 Å². The molecule has 0 bridgehead atoms. The summed E-state index contributed by atoms with van der Waals surface area (Å²) >= 11 is 0. The van der Waals surface area contributed by atoms with Gasteiger partial charge < -0.3 is 14.6 Å². The van der Waals surface area contributed by atoms with Crippen LogP contribution in [0.3, 0.4) is 0 Å². The van der Waals surface area contributed by atoms with Gasteiger partial charge in [0.2, 0.25) is 0 Å². The largest absolute Gasteiger partial charge is 0.507 e. The summed E-state index contributed by atoms with van der Waals surface area (Å²) in [5, 5.41) is 10.2. The molecule has 1 N–H and O–H groups in total. The highest BCUT2D eigenvalue weighted by atomic mass is 16.6. The number of allylic oxidation sites excluding steroid dienone is 4. The normalized spacial score (nSPS) is 23.8. The van der Waals surface area contributed by atoms with E-state index in [-0.39, 0.29) is 17.2 Å². The lowest BCUT2D eigenvalue weighted by molar-refractivity contribution is -0.149. The molecular formula is C25H34O5. The lowest BCUT2D eigenvalue weighted by Crippen LogP contribution is -2.33. The first kappa shape index (κ1) is 23.7. The van der Waals surface area contributed by atoms with Crippen molar-refractivity contribution in [1.29, 1.82) is 0 Å². The molecule has 1 aromatic carbocycles. The van der Waals surface area contributed by atoms with E-state index in [4.69, 9.17) is 9.47 Å². The van der Waals surface area contributed by atoms with Gasteiger partial charge in [-0.25, -0.2) is 0 Å². The van der Waals surface area contributed by atoms with E-state index in [0.717, 1.165) is 19.3 Å². The summed E-state index contributed by atoms with van der Waals surface area (Å²) in [6.07, 6.45) is 7.88. The van der Waals surface area contributed by atoms with Crippen LogP contribution in [0.4, 0.5) is 0 Å². The van der Waals surface area contributed by atoms with Gasteiger partial charge in [0.15, 0.2) is 5.78 Å². The first-order valence-electron chi connectivity index (χ1n) is 10.5. The fraction of sp³-hybridized carbons (Fsp3) is 0.520. The van der Waals surface area contributed by atoms with Gasteiger partial charge in [-0.05, 0) is 65.5 Å². The Morgan fingerprint density at radius 2 is 1.93 bits per heavy atom. The smallest absolute Gasteiger partial charge is 0.317 e. The number of benzene rings is 1. The monoisotopic (exact) mass is 414 g/mol. The van der Waals surface area contributed by atoms with E-state index in [1.54, 1.807) is 6.07 Å². The molecule has 1 aliphatic rings. The SMILES string of the molecule is COc1ccc(C(=O)[C@H]2C(=O)O[C@](C)(CCC=C(C)CCC=C(C)C)[C@@H]2C)c(O)c1. The lowest BCUT2D eigenvalue weighted by atomic mass is 9.77. The number of phenolic OH excluding ortho intramolecular Hbond substituents is 1. The number of ketones is 1. The van der Waals surface area contributed by atoms with Gasteiger partial charge in [0.05, 0.1) is 12.7 Å². The molecule has 0 spiro atoms. The molecular weight excluding hydrogens is 380 g/mol. The van der Waals surface area contributed by atoms with Crippen molar-refractivity contribution in [1.82, 2.24) is 0 Å². The summed E-state index contributed by atoms with van der Waals surface area (Å²) in [6, 6.07) is 4.46. The highest BCUT2D eigenvalue weighted by Crippen LogP contribution is 2.42. The van der Waals surface area contributed by atoms with E-state index in [1.165, 1.54) is 30.4 Å². The summed E-state index contributed by atoms with van der Waals surface area (Å²) in [5.74, 6) is -1.89. The predicted molar refractivity (Wildman–Crippen MR) is 118 cm³/mol. The van der Waals surface area contributed by atoms with Crippen molar-refractivity contribution < 1.29 is 24.2 Å². The summed E-state index contributed by atoms with van der Waals surface area (Å²) < 4.78 is 10.7. The molecule has 0 unspecified atom stereocenters. The zero-order valence-corrected chi connectivity index (χ0v) is 19.0. The van der Waals surface area contributed by atoms with Crippen LogP contribution >= 0.6 is 0 Å². The summed E-state index contributed by atoms with van der Waals surface area (Å²) in [7, 11) is 1.48. The van der Waals surface area contributed by atoms with E-state index < -0.39 is 23.3 Å². The number of rotatable bonds is 9. The van der Waals surface area contributed by atoms with Crippen LogP contribution in [0.2, 0.25) is 0 Å². The van der Waals surface area contributed by atoms with Gasteiger partial charge in [0, 0.05) is 12.0 Å². The standard InChI is InChI=1S/C25H34O5/c1-16(2)9-7-10-17(3)11-8-14-25(5)18(4)22(24(28)30-25)23(27)20-13-12-19(29-6)15-21(20)26/h9,11-13,15,18,22,26H,7-8,10,14H2,1-6H3/t18-,22+,25-/m1/s1. The second-order valence-electron chi connectivity index (χ2n) is 8.66. The second-order valence-corrected chi connectivity index (χ2v) is 8.66. The van der Waals surface area contributed by atoms with Crippen LogP contribution in [-0.2, 0) is 9.53 Å². The summed E-state index contributed by atoms with van der Waals surface area (Å²) in [5.41, 5.74) is 2.03. The zero-order valence-electron chi connectivity index (χ0n) is 19.0. The average molecular weight is 415 g/mol. The Morgan fingerprint density at radius 1 is 1.23 bits per heavy atom. The average Bonchev–Trinajstić information content (AvgIpc) is 2.89. The molecule has 1 fully saturated rings. The van der Waals surface area contributed by atoms with Crippen LogP contribution in [-0.4, -0.2) is 29.6 Å². The van der Waals surface area contributed by atoms with E-state index in [1.807, 2.05) is 13.8 Å². The van der Waals surface area contributed by atoms with Crippen molar-refractivity contribution in [3.63, 3.8) is 0 Å². The molecule has 0 radical (unpaired) electrons. The van der Waals surface area contributed by atoms with Crippen molar-refractivity contribution >= 4 is 11.8 Å². The van der Waals surface area contributed by atoms with Crippen molar-refractivity contribution in [2.24, 2.45) is 11.8 Å². The number of aromatic hydroxyl groups is 1. The number of hydrogen-bond donors (Lipinski definition) is 1. The van der Waals surface area contributed by atoms with E-state index in [2.05, 4.69) is 32.9 Å². The first-order valence-corrected chi connectivity index (χ1v) is 10.5. The van der Waals surface area contributed by atoms with Gasteiger partial charge >= 0.3 is 5.97 Å². The van der Waals surface area contributed by atoms with Crippen LogP contribution < -0.4 is 4.74 Å². The third kappa shape index (κ3) is 5.53. The lowest BCUT2D eigenvalue weighted by Gasteiger charge is -2.28. The Morgan fingerprint density at radius 3 is 2.53 bits per heavy atom. The summed E-state index contributed by atoms with van der Waals surface area (Å²) in [6.45, 7) is 10.1. The zero-order chi connectivity index (χ0) is 22.5. The predicted octanol–water partition coefficient (Wildman–Crippen LogP) is 5.62. The summed E-state index contributed by atoms with van der Waals surface area (Å²) in [4.78, 5) is 25.6.